The standard InChI is InChI=1S/C23H22FN3O5/c24-17-8-6-15(7-9-17)21(28)19-20(16-4-3-5-18(14-16)27(31)32)26(23(30)22(19)29)13-12-25-10-1-2-11-25/h3-9,14,20,28H,1-2,10-13H2/b21-19+. The topological polar surface area (TPSA) is 104 Å². The van der Waals surface area contributed by atoms with Gasteiger partial charge >= 0.3 is 0 Å². The number of hydrogen-bond donors (Lipinski definition) is 1. The first-order chi connectivity index (χ1) is 15.4. The maximum absolute atomic E-state index is 13.3. The molecule has 0 saturated carbocycles. The first-order valence-corrected chi connectivity index (χ1v) is 10.4. The van der Waals surface area contributed by atoms with Crippen LogP contribution in [-0.2, 0) is 9.59 Å². The number of amides is 1. The van der Waals surface area contributed by atoms with Crippen LogP contribution < -0.4 is 0 Å². The van der Waals surface area contributed by atoms with Crippen LogP contribution in [-0.4, -0.2) is 57.7 Å². The Morgan fingerprint density at radius 2 is 1.78 bits per heavy atom. The van der Waals surface area contributed by atoms with Crippen molar-refractivity contribution in [2.45, 2.75) is 18.9 Å². The zero-order valence-electron chi connectivity index (χ0n) is 17.2. The van der Waals surface area contributed by atoms with E-state index in [1.165, 1.54) is 35.2 Å². The van der Waals surface area contributed by atoms with E-state index in [2.05, 4.69) is 4.90 Å². The molecule has 4 rings (SSSR count). The monoisotopic (exact) mass is 439 g/mol. The van der Waals surface area contributed by atoms with E-state index < -0.39 is 34.2 Å². The van der Waals surface area contributed by atoms with Crippen molar-refractivity contribution in [3.8, 4) is 0 Å². The molecule has 2 saturated heterocycles. The van der Waals surface area contributed by atoms with Gasteiger partial charge in [0.1, 0.15) is 11.6 Å². The van der Waals surface area contributed by atoms with Gasteiger partial charge in [-0.15, -0.1) is 0 Å². The van der Waals surface area contributed by atoms with Crippen molar-refractivity contribution in [2.24, 2.45) is 0 Å². The number of likely N-dealkylation sites (tertiary alicyclic amines) is 2. The molecule has 2 aliphatic rings. The van der Waals surface area contributed by atoms with Crippen molar-refractivity contribution in [2.75, 3.05) is 26.2 Å². The summed E-state index contributed by atoms with van der Waals surface area (Å²) in [4.78, 5) is 40.2. The minimum atomic E-state index is -0.984. The highest BCUT2D eigenvalue weighted by molar-refractivity contribution is 6.46. The van der Waals surface area contributed by atoms with Crippen molar-refractivity contribution in [3.63, 3.8) is 0 Å². The molecular weight excluding hydrogens is 417 g/mol. The van der Waals surface area contributed by atoms with E-state index in [-0.39, 0.29) is 23.4 Å². The van der Waals surface area contributed by atoms with Crippen molar-refractivity contribution in [1.82, 2.24) is 9.80 Å². The molecule has 0 radical (unpaired) electrons. The average molecular weight is 439 g/mol. The molecule has 8 nitrogen and oxygen atoms in total. The number of nitro groups is 1. The maximum atomic E-state index is 13.3. The molecule has 1 atom stereocenters. The molecular formula is C23H22FN3O5. The van der Waals surface area contributed by atoms with Gasteiger partial charge in [0.2, 0.25) is 0 Å². The summed E-state index contributed by atoms with van der Waals surface area (Å²) < 4.78 is 13.3. The van der Waals surface area contributed by atoms with Gasteiger partial charge in [0.05, 0.1) is 16.5 Å². The van der Waals surface area contributed by atoms with Gasteiger partial charge in [0, 0.05) is 30.8 Å². The molecule has 32 heavy (non-hydrogen) atoms. The first kappa shape index (κ1) is 21.6. The number of ketones is 1. The number of carbonyl (C=O) groups excluding carboxylic acids is 2. The molecule has 0 aromatic heterocycles. The fourth-order valence-corrected chi connectivity index (χ4v) is 4.28. The summed E-state index contributed by atoms with van der Waals surface area (Å²) in [6.45, 7) is 2.59. The SMILES string of the molecule is O=C1C(=O)N(CCN2CCCC2)C(c2cccc([N+](=O)[O-])c2)/C1=C(\O)c1ccc(F)cc1. The number of hydrogen-bond acceptors (Lipinski definition) is 6. The van der Waals surface area contributed by atoms with Crippen LogP contribution >= 0.6 is 0 Å². The Labute approximate surface area is 183 Å². The molecule has 1 amide bonds. The maximum Gasteiger partial charge on any atom is 0.295 e. The Kier molecular flexibility index (Phi) is 6.00. The number of rotatable bonds is 6. The van der Waals surface area contributed by atoms with Crippen molar-refractivity contribution >= 4 is 23.1 Å². The lowest BCUT2D eigenvalue weighted by molar-refractivity contribution is -0.384. The van der Waals surface area contributed by atoms with Crippen molar-refractivity contribution < 1.29 is 24.0 Å². The second-order valence-corrected chi connectivity index (χ2v) is 7.90. The number of carbonyl (C=O) groups is 2. The Balaban J connectivity index is 1.79. The van der Waals surface area contributed by atoms with E-state index in [1.807, 2.05) is 0 Å². The number of non-ortho nitro benzene ring substituents is 1. The number of benzene rings is 2. The summed E-state index contributed by atoms with van der Waals surface area (Å²) in [5, 5.41) is 22.2. The average Bonchev–Trinajstić information content (AvgIpc) is 3.39. The molecule has 2 aromatic rings. The summed E-state index contributed by atoms with van der Waals surface area (Å²) in [5.41, 5.74) is 0.181. The first-order valence-electron chi connectivity index (χ1n) is 10.4. The third kappa shape index (κ3) is 4.11. The molecule has 1 unspecified atom stereocenters. The number of nitro benzene ring substituents is 1. The second-order valence-electron chi connectivity index (χ2n) is 7.90. The van der Waals surface area contributed by atoms with Gasteiger partial charge in [-0.3, -0.25) is 19.7 Å². The smallest absolute Gasteiger partial charge is 0.295 e. The van der Waals surface area contributed by atoms with Crippen LogP contribution in [0.3, 0.4) is 0 Å². The Bertz CT molecular complexity index is 1090. The Hall–Kier alpha value is -3.59. The van der Waals surface area contributed by atoms with Crippen LogP contribution in [0.5, 0.6) is 0 Å². The molecule has 9 heteroatoms. The lowest BCUT2D eigenvalue weighted by Crippen LogP contribution is -2.37. The highest BCUT2D eigenvalue weighted by Gasteiger charge is 2.46. The second kappa shape index (κ2) is 8.88. The predicted octanol–water partition coefficient (Wildman–Crippen LogP) is 3.25. The van der Waals surface area contributed by atoms with Crippen LogP contribution in [0.1, 0.15) is 30.0 Å². The number of halogens is 1. The third-order valence-corrected chi connectivity index (χ3v) is 5.91. The highest BCUT2D eigenvalue weighted by atomic mass is 19.1. The van der Waals surface area contributed by atoms with Gasteiger partial charge in [-0.05, 0) is 55.8 Å². The molecule has 0 spiro atoms. The van der Waals surface area contributed by atoms with Crippen molar-refractivity contribution in [3.05, 3.63) is 81.2 Å². The largest absolute Gasteiger partial charge is 0.507 e. The van der Waals surface area contributed by atoms with Gasteiger partial charge in [-0.25, -0.2) is 4.39 Å². The van der Waals surface area contributed by atoms with E-state index in [4.69, 9.17) is 0 Å². The minimum Gasteiger partial charge on any atom is -0.507 e. The summed E-state index contributed by atoms with van der Waals surface area (Å²) in [5.74, 6) is -2.60. The van der Waals surface area contributed by atoms with Gasteiger partial charge in [0.25, 0.3) is 17.4 Å². The fourth-order valence-electron chi connectivity index (χ4n) is 4.28. The van der Waals surface area contributed by atoms with Crippen LogP contribution in [0.15, 0.2) is 54.1 Å². The normalized spacial score (nSPS) is 20.8. The summed E-state index contributed by atoms with van der Waals surface area (Å²) >= 11 is 0. The number of Topliss-reactive ketones (excluding diaryl/α,β-unsaturated/α-hetero) is 1. The predicted molar refractivity (Wildman–Crippen MR) is 114 cm³/mol. The third-order valence-electron chi connectivity index (χ3n) is 5.91. The zero-order valence-corrected chi connectivity index (χ0v) is 17.2. The van der Waals surface area contributed by atoms with Crippen LogP contribution in [0.25, 0.3) is 5.76 Å². The number of aliphatic hydroxyl groups is 1. The molecule has 2 aromatic carbocycles. The quantitative estimate of drug-likeness (QED) is 0.244. The van der Waals surface area contributed by atoms with Gasteiger partial charge < -0.3 is 14.9 Å². The van der Waals surface area contributed by atoms with E-state index >= 15 is 0 Å². The molecule has 0 aliphatic carbocycles. The lowest BCUT2D eigenvalue weighted by atomic mass is 9.95. The number of aliphatic hydroxyl groups excluding tert-OH is 1. The molecule has 2 aliphatic heterocycles. The van der Waals surface area contributed by atoms with Crippen LogP contribution in [0.4, 0.5) is 10.1 Å². The summed E-state index contributed by atoms with van der Waals surface area (Å²) in [7, 11) is 0. The molecule has 2 heterocycles. The van der Waals surface area contributed by atoms with E-state index in [9.17, 15) is 29.2 Å². The Morgan fingerprint density at radius 1 is 1.09 bits per heavy atom. The molecule has 0 bridgehead atoms. The fraction of sp³-hybridized carbons (Fsp3) is 0.304. The molecule has 2 fully saturated rings. The van der Waals surface area contributed by atoms with Crippen LogP contribution in [0, 0.1) is 15.9 Å². The summed E-state index contributed by atoms with van der Waals surface area (Å²) in [6, 6.07) is 9.61. The molecule has 166 valence electrons. The number of nitrogens with zero attached hydrogens (tertiary/aromatic N) is 3. The highest BCUT2D eigenvalue weighted by Crippen LogP contribution is 2.40. The van der Waals surface area contributed by atoms with Gasteiger partial charge in [0.15, 0.2) is 0 Å². The van der Waals surface area contributed by atoms with Gasteiger partial charge in [-0.2, -0.15) is 0 Å². The molecule has 1 N–H and O–H groups in total. The van der Waals surface area contributed by atoms with E-state index in [1.54, 1.807) is 6.07 Å². The minimum absolute atomic E-state index is 0.163. The van der Waals surface area contributed by atoms with Crippen LogP contribution in [0.2, 0.25) is 0 Å². The lowest BCUT2D eigenvalue weighted by Gasteiger charge is -2.27. The van der Waals surface area contributed by atoms with Crippen molar-refractivity contribution in [1.29, 1.82) is 0 Å². The zero-order chi connectivity index (χ0) is 22.8. The summed E-state index contributed by atoms with van der Waals surface area (Å²) in [6.07, 6.45) is 2.13. The Morgan fingerprint density at radius 3 is 2.44 bits per heavy atom. The van der Waals surface area contributed by atoms with E-state index in [0.717, 1.165) is 38.1 Å². The van der Waals surface area contributed by atoms with Gasteiger partial charge in [-0.1, -0.05) is 12.1 Å². The van der Waals surface area contributed by atoms with E-state index in [0.29, 0.717) is 12.1 Å².